The Morgan fingerprint density at radius 1 is 1.21 bits per heavy atom. The summed E-state index contributed by atoms with van der Waals surface area (Å²) in [6, 6.07) is 11.3. The zero-order chi connectivity index (χ0) is 20.4. The number of fused-ring (bicyclic) bond motifs is 1. The summed E-state index contributed by atoms with van der Waals surface area (Å²) in [7, 11) is 0. The van der Waals surface area contributed by atoms with Crippen molar-refractivity contribution in [2.24, 2.45) is 0 Å². The standard InChI is InChI=1S/C20H15ClFN5OS/c1-12-2-5-14(8-17(12)21)26-18(28)10-29-20-16-9-25-27(19(16)23-11-24-20)15-6-3-13(22)4-7-15/h2-9,11H,10H2,1H3,(H,26,28). The summed E-state index contributed by atoms with van der Waals surface area (Å²) in [5, 5.41) is 9.11. The second-order valence-corrected chi connectivity index (χ2v) is 7.62. The first-order valence-electron chi connectivity index (χ1n) is 8.65. The molecular weight excluding hydrogens is 413 g/mol. The fraction of sp³-hybridized carbons (Fsp3) is 0.100. The minimum atomic E-state index is -0.322. The number of anilines is 1. The molecule has 4 rings (SSSR count). The molecule has 146 valence electrons. The molecule has 0 aliphatic carbocycles. The molecule has 0 unspecified atom stereocenters. The van der Waals surface area contributed by atoms with Crippen LogP contribution in [-0.2, 0) is 4.79 Å². The first-order chi connectivity index (χ1) is 14.0. The van der Waals surface area contributed by atoms with E-state index in [1.54, 1.807) is 35.1 Å². The summed E-state index contributed by atoms with van der Waals surface area (Å²) in [5.74, 6) is -0.330. The van der Waals surface area contributed by atoms with Crippen LogP contribution in [0.3, 0.4) is 0 Å². The number of amides is 1. The topological polar surface area (TPSA) is 72.7 Å². The van der Waals surface area contributed by atoms with Crippen molar-refractivity contribution in [1.82, 2.24) is 19.7 Å². The minimum absolute atomic E-state index is 0.166. The lowest BCUT2D eigenvalue weighted by molar-refractivity contribution is -0.113. The van der Waals surface area contributed by atoms with E-state index in [-0.39, 0.29) is 17.5 Å². The summed E-state index contributed by atoms with van der Waals surface area (Å²) < 4.78 is 14.8. The lowest BCUT2D eigenvalue weighted by atomic mass is 10.2. The number of thioether (sulfide) groups is 1. The van der Waals surface area contributed by atoms with Gasteiger partial charge in [-0.3, -0.25) is 4.79 Å². The van der Waals surface area contributed by atoms with Gasteiger partial charge in [-0.05, 0) is 48.9 Å². The molecule has 0 fully saturated rings. The number of carbonyl (C=O) groups is 1. The van der Waals surface area contributed by atoms with Crippen LogP contribution in [0.25, 0.3) is 16.7 Å². The van der Waals surface area contributed by atoms with Crippen molar-refractivity contribution in [2.75, 3.05) is 11.1 Å². The Bertz CT molecular complexity index is 1200. The first kappa shape index (κ1) is 19.4. The van der Waals surface area contributed by atoms with Gasteiger partial charge < -0.3 is 5.32 Å². The van der Waals surface area contributed by atoms with Crippen molar-refractivity contribution in [2.45, 2.75) is 11.9 Å². The average molecular weight is 428 g/mol. The smallest absolute Gasteiger partial charge is 0.234 e. The van der Waals surface area contributed by atoms with E-state index >= 15 is 0 Å². The SMILES string of the molecule is Cc1ccc(NC(=O)CSc2ncnc3c2cnn3-c2ccc(F)cc2)cc1Cl. The maximum absolute atomic E-state index is 13.2. The minimum Gasteiger partial charge on any atom is -0.325 e. The predicted octanol–water partition coefficient (Wildman–Crippen LogP) is 4.65. The lowest BCUT2D eigenvalue weighted by Crippen LogP contribution is -2.14. The Morgan fingerprint density at radius 3 is 2.76 bits per heavy atom. The average Bonchev–Trinajstić information content (AvgIpc) is 3.14. The number of aryl methyl sites for hydroxylation is 1. The Kier molecular flexibility index (Phi) is 5.46. The Labute approximate surface area is 175 Å². The monoisotopic (exact) mass is 427 g/mol. The molecular formula is C20H15ClFN5OS. The molecule has 1 N–H and O–H groups in total. The van der Waals surface area contributed by atoms with Crippen LogP contribution in [0.1, 0.15) is 5.56 Å². The van der Waals surface area contributed by atoms with Gasteiger partial charge >= 0.3 is 0 Å². The van der Waals surface area contributed by atoms with Crippen LogP contribution >= 0.6 is 23.4 Å². The van der Waals surface area contributed by atoms with Crippen LogP contribution < -0.4 is 5.32 Å². The molecule has 2 heterocycles. The van der Waals surface area contributed by atoms with Gasteiger partial charge in [0.25, 0.3) is 0 Å². The predicted molar refractivity (Wildman–Crippen MR) is 112 cm³/mol. The van der Waals surface area contributed by atoms with Gasteiger partial charge in [-0.15, -0.1) is 0 Å². The summed E-state index contributed by atoms with van der Waals surface area (Å²) >= 11 is 7.38. The molecule has 0 aliphatic rings. The molecule has 1 amide bonds. The molecule has 0 saturated carbocycles. The molecule has 0 saturated heterocycles. The molecule has 0 atom stereocenters. The van der Waals surface area contributed by atoms with Crippen LogP contribution in [0, 0.1) is 12.7 Å². The second-order valence-electron chi connectivity index (χ2n) is 6.25. The maximum Gasteiger partial charge on any atom is 0.234 e. The van der Waals surface area contributed by atoms with Gasteiger partial charge in [-0.2, -0.15) is 5.10 Å². The number of hydrogen-bond acceptors (Lipinski definition) is 5. The van der Waals surface area contributed by atoms with Gasteiger partial charge in [0.2, 0.25) is 5.91 Å². The van der Waals surface area contributed by atoms with Crippen molar-refractivity contribution in [3.05, 3.63) is 71.4 Å². The van der Waals surface area contributed by atoms with Gasteiger partial charge in [-0.25, -0.2) is 19.0 Å². The van der Waals surface area contributed by atoms with Crippen molar-refractivity contribution in [1.29, 1.82) is 0 Å². The summed E-state index contributed by atoms with van der Waals surface area (Å²) in [5.41, 5.74) is 2.86. The van der Waals surface area contributed by atoms with Gasteiger partial charge in [-0.1, -0.05) is 29.4 Å². The molecule has 4 aromatic rings. The van der Waals surface area contributed by atoms with Gasteiger partial charge in [0.1, 0.15) is 17.2 Å². The zero-order valence-corrected chi connectivity index (χ0v) is 16.8. The quantitative estimate of drug-likeness (QED) is 0.371. The van der Waals surface area contributed by atoms with E-state index in [0.717, 1.165) is 5.56 Å². The molecule has 0 radical (unpaired) electrons. The highest BCUT2D eigenvalue weighted by Crippen LogP contribution is 2.26. The van der Waals surface area contributed by atoms with E-state index in [0.29, 0.717) is 32.5 Å². The fourth-order valence-electron chi connectivity index (χ4n) is 2.71. The maximum atomic E-state index is 13.2. The summed E-state index contributed by atoms with van der Waals surface area (Å²) in [4.78, 5) is 20.9. The van der Waals surface area contributed by atoms with Gasteiger partial charge in [0, 0.05) is 10.7 Å². The fourth-order valence-corrected chi connectivity index (χ4v) is 3.65. The molecule has 9 heteroatoms. The normalized spacial score (nSPS) is 11.0. The van der Waals surface area contributed by atoms with Gasteiger partial charge in [0.15, 0.2) is 5.65 Å². The highest BCUT2D eigenvalue weighted by molar-refractivity contribution is 8.00. The number of nitrogens with one attached hydrogen (secondary N) is 1. The summed E-state index contributed by atoms with van der Waals surface area (Å²) in [6.07, 6.45) is 3.06. The third kappa shape index (κ3) is 4.23. The Morgan fingerprint density at radius 2 is 2.00 bits per heavy atom. The molecule has 6 nitrogen and oxygen atoms in total. The van der Waals surface area contributed by atoms with Gasteiger partial charge in [0.05, 0.1) is 23.0 Å². The van der Waals surface area contributed by atoms with Crippen LogP contribution in [0.2, 0.25) is 5.02 Å². The highest BCUT2D eigenvalue weighted by Gasteiger charge is 2.13. The number of halogens is 2. The van der Waals surface area contributed by atoms with E-state index in [2.05, 4.69) is 20.4 Å². The first-order valence-corrected chi connectivity index (χ1v) is 10.0. The van der Waals surface area contributed by atoms with E-state index in [4.69, 9.17) is 11.6 Å². The molecule has 2 aromatic heterocycles. The molecule has 0 bridgehead atoms. The van der Waals surface area contributed by atoms with Crippen LogP contribution in [-0.4, -0.2) is 31.4 Å². The third-order valence-corrected chi connectivity index (χ3v) is 5.61. The molecule has 2 aromatic carbocycles. The molecule has 29 heavy (non-hydrogen) atoms. The van der Waals surface area contributed by atoms with E-state index in [1.165, 1.54) is 30.2 Å². The van der Waals surface area contributed by atoms with Crippen LogP contribution in [0.4, 0.5) is 10.1 Å². The number of nitrogens with zero attached hydrogens (tertiary/aromatic N) is 4. The van der Waals surface area contributed by atoms with E-state index < -0.39 is 0 Å². The van der Waals surface area contributed by atoms with E-state index in [1.807, 2.05) is 13.0 Å². The van der Waals surface area contributed by atoms with Crippen LogP contribution in [0.15, 0.2) is 60.0 Å². The Balaban J connectivity index is 1.50. The lowest BCUT2D eigenvalue weighted by Gasteiger charge is -2.07. The highest BCUT2D eigenvalue weighted by atomic mass is 35.5. The van der Waals surface area contributed by atoms with Crippen molar-refractivity contribution >= 4 is 46.0 Å². The van der Waals surface area contributed by atoms with E-state index in [9.17, 15) is 9.18 Å². The zero-order valence-electron chi connectivity index (χ0n) is 15.3. The third-order valence-electron chi connectivity index (χ3n) is 4.20. The number of benzene rings is 2. The van der Waals surface area contributed by atoms with Crippen molar-refractivity contribution in [3.63, 3.8) is 0 Å². The van der Waals surface area contributed by atoms with Crippen molar-refractivity contribution < 1.29 is 9.18 Å². The summed E-state index contributed by atoms with van der Waals surface area (Å²) in [6.45, 7) is 1.90. The number of carbonyl (C=O) groups excluding carboxylic acids is 1. The number of aromatic nitrogens is 4. The van der Waals surface area contributed by atoms with Crippen LogP contribution in [0.5, 0.6) is 0 Å². The molecule has 0 spiro atoms. The Hall–Kier alpha value is -2.97. The molecule has 0 aliphatic heterocycles. The number of rotatable bonds is 5. The van der Waals surface area contributed by atoms with Crippen molar-refractivity contribution in [3.8, 4) is 5.69 Å². The second kappa shape index (κ2) is 8.18. The number of hydrogen-bond donors (Lipinski definition) is 1. The largest absolute Gasteiger partial charge is 0.325 e.